The topological polar surface area (TPSA) is 83.8 Å². The highest BCUT2D eigenvalue weighted by Gasteiger charge is 2.31. The lowest BCUT2D eigenvalue weighted by molar-refractivity contribution is 0.0553. The number of aromatic nitrogens is 5. The molecule has 2 N–H and O–H groups in total. The van der Waals surface area contributed by atoms with Crippen molar-refractivity contribution in [2.75, 3.05) is 13.2 Å². The van der Waals surface area contributed by atoms with Gasteiger partial charge in [-0.25, -0.2) is 4.68 Å². The normalized spacial score (nSPS) is 16.0. The van der Waals surface area contributed by atoms with E-state index >= 15 is 0 Å². The van der Waals surface area contributed by atoms with Crippen molar-refractivity contribution >= 4 is 21.9 Å². The van der Waals surface area contributed by atoms with Crippen molar-refractivity contribution in [3.63, 3.8) is 0 Å². The molecule has 6 rings (SSSR count). The molecule has 1 atom stereocenters. The SMILES string of the molecule is Cc1nnn(C)c1-c1cnc2c3ccc(C(C)(C)N)cc3n(C(c3ccccc3)C3CCOCC3)c2c1. The molecule has 1 fully saturated rings. The smallest absolute Gasteiger partial charge is 0.0960 e. The number of pyridine rings is 1. The number of rotatable bonds is 5. The van der Waals surface area contributed by atoms with Crippen LogP contribution in [0.4, 0.5) is 0 Å². The molecule has 1 unspecified atom stereocenters. The second-order valence-corrected chi connectivity index (χ2v) is 10.9. The van der Waals surface area contributed by atoms with Crippen molar-refractivity contribution in [2.45, 2.75) is 45.2 Å². The molecule has 5 aromatic rings. The third-order valence-corrected chi connectivity index (χ3v) is 7.78. The first-order valence-corrected chi connectivity index (χ1v) is 13.1. The monoisotopic (exact) mass is 494 g/mol. The molecule has 0 amide bonds. The Labute approximate surface area is 217 Å². The molecule has 1 aliphatic rings. The molecule has 7 nitrogen and oxygen atoms in total. The molecule has 0 aliphatic carbocycles. The van der Waals surface area contributed by atoms with Crippen molar-refractivity contribution in [3.05, 3.63) is 77.6 Å². The lowest BCUT2D eigenvalue weighted by Gasteiger charge is -2.33. The number of aryl methyl sites for hydroxylation is 2. The van der Waals surface area contributed by atoms with E-state index in [1.807, 2.05) is 24.9 Å². The molecule has 37 heavy (non-hydrogen) atoms. The summed E-state index contributed by atoms with van der Waals surface area (Å²) in [6, 6.07) is 19.9. The summed E-state index contributed by atoms with van der Waals surface area (Å²) < 4.78 is 10.1. The molecule has 4 heterocycles. The summed E-state index contributed by atoms with van der Waals surface area (Å²) in [6.45, 7) is 7.68. The van der Waals surface area contributed by atoms with E-state index in [4.69, 9.17) is 15.5 Å². The van der Waals surface area contributed by atoms with Crippen LogP contribution in [-0.4, -0.2) is 37.8 Å². The van der Waals surface area contributed by atoms with Crippen molar-refractivity contribution in [1.29, 1.82) is 0 Å². The highest BCUT2D eigenvalue weighted by molar-refractivity contribution is 6.07. The molecule has 190 valence electrons. The summed E-state index contributed by atoms with van der Waals surface area (Å²) >= 11 is 0. The molecule has 1 aliphatic heterocycles. The highest BCUT2D eigenvalue weighted by atomic mass is 16.5. The Morgan fingerprint density at radius 2 is 1.78 bits per heavy atom. The fourth-order valence-corrected chi connectivity index (χ4v) is 5.91. The molecule has 0 saturated carbocycles. The molecule has 1 saturated heterocycles. The average molecular weight is 495 g/mol. The van der Waals surface area contributed by atoms with Gasteiger partial charge in [-0.15, -0.1) is 5.10 Å². The minimum absolute atomic E-state index is 0.143. The summed E-state index contributed by atoms with van der Waals surface area (Å²) in [5.74, 6) is 0.438. The molecule has 7 heteroatoms. The van der Waals surface area contributed by atoms with Crippen molar-refractivity contribution in [3.8, 4) is 11.3 Å². The van der Waals surface area contributed by atoms with E-state index in [9.17, 15) is 0 Å². The van der Waals surface area contributed by atoms with Crippen molar-refractivity contribution < 1.29 is 4.74 Å². The number of ether oxygens (including phenoxy) is 1. The first-order chi connectivity index (χ1) is 17.8. The van der Waals surface area contributed by atoms with Gasteiger partial charge in [0.05, 0.1) is 34.0 Å². The molecule has 3 aromatic heterocycles. The fourth-order valence-electron chi connectivity index (χ4n) is 5.91. The van der Waals surface area contributed by atoms with Gasteiger partial charge < -0.3 is 15.0 Å². The molecule has 0 spiro atoms. The zero-order chi connectivity index (χ0) is 25.7. The van der Waals surface area contributed by atoms with Gasteiger partial charge >= 0.3 is 0 Å². The Bertz CT molecular complexity index is 1550. The van der Waals surface area contributed by atoms with Gasteiger partial charge in [-0.05, 0) is 62.8 Å². The molecule has 0 bridgehead atoms. The quantitative estimate of drug-likeness (QED) is 0.349. The van der Waals surface area contributed by atoms with E-state index in [2.05, 4.69) is 83.3 Å². The van der Waals surface area contributed by atoms with Crippen LogP contribution < -0.4 is 5.73 Å². The van der Waals surface area contributed by atoms with Gasteiger partial charge in [-0.1, -0.05) is 47.7 Å². The van der Waals surface area contributed by atoms with Gasteiger partial charge in [0.25, 0.3) is 0 Å². The standard InChI is InChI=1S/C30H34N6O/c1-19-28(35(4)34-33-19)22-16-26-27(32-18-22)24-11-10-23(30(2,3)31)17-25(24)36(26)29(20-8-6-5-7-9-20)21-12-14-37-15-13-21/h5-11,16-18,21,29H,12-15,31H2,1-4H3. The van der Waals surface area contributed by atoms with Crippen LogP contribution in [0.5, 0.6) is 0 Å². The zero-order valence-electron chi connectivity index (χ0n) is 22.0. The first-order valence-electron chi connectivity index (χ1n) is 13.1. The number of hydrogen-bond donors (Lipinski definition) is 1. The van der Waals surface area contributed by atoms with Crippen molar-refractivity contribution in [1.82, 2.24) is 24.5 Å². The lowest BCUT2D eigenvalue weighted by atomic mass is 9.86. The number of hydrogen-bond acceptors (Lipinski definition) is 5. The summed E-state index contributed by atoms with van der Waals surface area (Å²) in [4.78, 5) is 5.04. The summed E-state index contributed by atoms with van der Waals surface area (Å²) in [6.07, 6.45) is 3.98. The number of nitrogens with two attached hydrogens (primary N) is 1. The molecular formula is C30H34N6O. The molecule has 2 aromatic carbocycles. The summed E-state index contributed by atoms with van der Waals surface area (Å²) in [5, 5.41) is 9.66. The van der Waals surface area contributed by atoms with Crippen LogP contribution in [0.15, 0.2) is 60.8 Å². The Balaban J connectivity index is 1.69. The fraction of sp³-hybridized carbons (Fsp3) is 0.367. The number of nitrogens with zero attached hydrogens (tertiary/aromatic N) is 5. The van der Waals surface area contributed by atoms with Gasteiger partial charge in [0.1, 0.15) is 0 Å². The maximum absolute atomic E-state index is 6.59. The second kappa shape index (κ2) is 9.08. The van der Waals surface area contributed by atoms with Gasteiger partial charge in [0, 0.05) is 42.9 Å². The lowest BCUT2D eigenvalue weighted by Crippen LogP contribution is -2.29. The van der Waals surface area contributed by atoms with Gasteiger partial charge in [0.2, 0.25) is 0 Å². The maximum atomic E-state index is 6.59. The third-order valence-electron chi connectivity index (χ3n) is 7.78. The third kappa shape index (κ3) is 4.12. The summed E-state index contributed by atoms with van der Waals surface area (Å²) in [5.41, 5.74) is 14.7. The maximum Gasteiger partial charge on any atom is 0.0960 e. The van der Waals surface area contributed by atoms with Gasteiger partial charge in [-0.2, -0.15) is 0 Å². The Morgan fingerprint density at radius 1 is 1.03 bits per heavy atom. The predicted molar refractivity (Wildman–Crippen MR) is 147 cm³/mol. The van der Waals surface area contributed by atoms with E-state index in [1.165, 1.54) is 5.56 Å². The van der Waals surface area contributed by atoms with Crippen LogP contribution in [0.2, 0.25) is 0 Å². The minimum atomic E-state index is -0.452. The first kappa shape index (κ1) is 23.8. The van der Waals surface area contributed by atoms with E-state index in [0.717, 1.165) is 70.5 Å². The molecule has 0 radical (unpaired) electrons. The van der Waals surface area contributed by atoms with Crippen LogP contribution >= 0.6 is 0 Å². The van der Waals surface area contributed by atoms with Crippen LogP contribution in [0.25, 0.3) is 33.2 Å². The minimum Gasteiger partial charge on any atom is -0.381 e. The van der Waals surface area contributed by atoms with E-state index in [0.29, 0.717) is 5.92 Å². The van der Waals surface area contributed by atoms with Gasteiger partial charge in [0.15, 0.2) is 0 Å². The molecular weight excluding hydrogens is 460 g/mol. The predicted octanol–water partition coefficient (Wildman–Crippen LogP) is 5.50. The van der Waals surface area contributed by atoms with Crippen LogP contribution in [0, 0.1) is 12.8 Å². The van der Waals surface area contributed by atoms with Crippen molar-refractivity contribution in [2.24, 2.45) is 18.7 Å². The van der Waals surface area contributed by atoms with E-state index in [1.54, 1.807) is 0 Å². The van der Waals surface area contributed by atoms with Crippen LogP contribution in [0.1, 0.15) is 49.6 Å². The Hall–Kier alpha value is -3.55. The Kier molecular flexibility index (Phi) is 5.85. The second-order valence-electron chi connectivity index (χ2n) is 10.9. The average Bonchev–Trinajstić information content (AvgIpc) is 3.40. The largest absolute Gasteiger partial charge is 0.381 e. The van der Waals surface area contributed by atoms with Crippen LogP contribution in [-0.2, 0) is 17.3 Å². The van der Waals surface area contributed by atoms with Gasteiger partial charge in [-0.3, -0.25) is 4.98 Å². The zero-order valence-corrected chi connectivity index (χ0v) is 22.0. The van der Waals surface area contributed by atoms with E-state index < -0.39 is 5.54 Å². The highest BCUT2D eigenvalue weighted by Crippen LogP contribution is 2.41. The van der Waals surface area contributed by atoms with E-state index in [-0.39, 0.29) is 6.04 Å². The number of benzene rings is 2. The van der Waals surface area contributed by atoms with Crippen LogP contribution in [0.3, 0.4) is 0 Å². The Morgan fingerprint density at radius 3 is 2.46 bits per heavy atom. The summed E-state index contributed by atoms with van der Waals surface area (Å²) in [7, 11) is 1.93. The number of fused-ring (bicyclic) bond motifs is 3.